The number of nitrogens with one attached hydrogen (secondary N) is 1. The van der Waals surface area contributed by atoms with E-state index in [0.29, 0.717) is 29.4 Å². The fourth-order valence-electron chi connectivity index (χ4n) is 3.23. The monoisotopic (exact) mass is 457 g/mol. The van der Waals surface area contributed by atoms with Gasteiger partial charge in [-0.2, -0.15) is 0 Å². The van der Waals surface area contributed by atoms with Gasteiger partial charge in [0.25, 0.3) is 0 Å². The number of nitrogens with zero attached hydrogens (tertiary/aromatic N) is 3. The second-order valence-corrected chi connectivity index (χ2v) is 7.36. The van der Waals surface area contributed by atoms with Crippen LogP contribution in [0.25, 0.3) is 11.3 Å². The number of benzene rings is 2. The molecule has 9 heteroatoms. The van der Waals surface area contributed by atoms with Gasteiger partial charge in [0.2, 0.25) is 5.95 Å². The van der Waals surface area contributed by atoms with Gasteiger partial charge in [-0.15, -0.1) is 0 Å². The summed E-state index contributed by atoms with van der Waals surface area (Å²) in [6.07, 6.45) is 0. The van der Waals surface area contributed by atoms with E-state index >= 15 is 0 Å². The lowest BCUT2D eigenvalue weighted by Gasteiger charge is -2.16. The number of amides is 2. The Morgan fingerprint density at radius 3 is 2.83 bits per heavy atom. The van der Waals surface area contributed by atoms with Gasteiger partial charge >= 0.3 is 6.03 Å². The number of fused-ring (bicyclic) bond motifs is 1. The highest BCUT2D eigenvalue weighted by atomic mass is 79.9. The molecule has 4 rings (SSSR count). The predicted octanol–water partition coefficient (Wildman–Crippen LogP) is 4.18. The second kappa shape index (κ2) is 7.67. The molecule has 1 aliphatic rings. The number of rotatable bonds is 3. The average Bonchev–Trinajstić information content (AvgIpc) is 3.12. The van der Waals surface area contributed by atoms with Gasteiger partial charge < -0.3 is 20.7 Å². The lowest BCUT2D eigenvalue weighted by molar-refractivity contribution is 0.212. The number of anilines is 2. The van der Waals surface area contributed by atoms with Crippen molar-refractivity contribution in [1.29, 1.82) is 0 Å². The molecule has 0 atom stereocenters. The first kappa shape index (κ1) is 19.1. The molecular formula is C20H17BrFN5O2. The van der Waals surface area contributed by atoms with Gasteiger partial charge in [-0.05, 0) is 46.3 Å². The molecule has 3 N–H and O–H groups in total. The van der Waals surface area contributed by atoms with Crippen LogP contribution in [0.3, 0.4) is 0 Å². The van der Waals surface area contributed by atoms with Crippen LogP contribution in [0, 0.1) is 5.82 Å². The SMILES string of the molecule is COc1cc(-c2nc(N)nc3c2CN(C(=O)Nc2cccc(F)c2)C3)ccc1Br. The van der Waals surface area contributed by atoms with Gasteiger partial charge in [-0.3, -0.25) is 0 Å². The molecule has 7 nitrogen and oxygen atoms in total. The van der Waals surface area contributed by atoms with Crippen LogP contribution < -0.4 is 15.8 Å². The lowest BCUT2D eigenvalue weighted by Crippen LogP contribution is -2.30. The summed E-state index contributed by atoms with van der Waals surface area (Å²) in [5.41, 5.74) is 9.25. The van der Waals surface area contributed by atoms with Gasteiger partial charge in [0.15, 0.2) is 0 Å². The number of carbonyl (C=O) groups excluding carboxylic acids is 1. The molecular weight excluding hydrogens is 441 g/mol. The van der Waals surface area contributed by atoms with Crippen molar-refractivity contribution in [3.05, 3.63) is 64.0 Å². The molecule has 0 saturated carbocycles. The fraction of sp³-hybridized carbons (Fsp3) is 0.150. The predicted molar refractivity (Wildman–Crippen MR) is 111 cm³/mol. The first-order chi connectivity index (χ1) is 13.9. The Morgan fingerprint density at radius 2 is 2.07 bits per heavy atom. The number of ether oxygens (including phenoxy) is 1. The third-order valence-electron chi connectivity index (χ3n) is 4.59. The third-order valence-corrected chi connectivity index (χ3v) is 5.24. The van der Waals surface area contributed by atoms with Crippen molar-refractivity contribution < 1.29 is 13.9 Å². The zero-order valence-corrected chi connectivity index (χ0v) is 17.0. The van der Waals surface area contributed by atoms with Gasteiger partial charge in [-0.1, -0.05) is 12.1 Å². The van der Waals surface area contributed by atoms with Crippen molar-refractivity contribution >= 4 is 33.6 Å². The number of methoxy groups -OCH3 is 1. The van der Waals surface area contributed by atoms with Crippen LogP contribution in [0.2, 0.25) is 0 Å². The second-order valence-electron chi connectivity index (χ2n) is 6.50. The summed E-state index contributed by atoms with van der Waals surface area (Å²) in [6, 6.07) is 11.0. The number of nitrogens with two attached hydrogens (primary N) is 1. The van der Waals surface area contributed by atoms with E-state index in [0.717, 1.165) is 15.6 Å². The molecule has 1 aliphatic heterocycles. The first-order valence-corrected chi connectivity index (χ1v) is 9.54. The Kier molecular flexibility index (Phi) is 5.06. The van der Waals surface area contributed by atoms with Gasteiger partial charge in [0.05, 0.1) is 36.1 Å². The normalized spacial score (nSPS) is 12.6. The number of aromatic nitrogens is 2. The largest absolute Gasteiger partial charge is 0.496 e. The van der Waals surface area contributed by atoms with Crippen LogP contribution in [-0.4, -0.2) is 28.0 Å². The standard InChI is InChI=1S/C20H17BrFN5O2/c1-29-17-7-11(5-6-15(17)21)18-14-9-27(10-16(14)25-19(23)26-18)20(28)24-13-4-2-3-12(22)8-13/h2-8H,9-10H2,1H3,(H,24,28)(H2,23,25,26). The molecule has 3 aromatic rings. The Hall–Kier alpha value is -3.20. The van der Waals surface area contributed by atoms with Crippen molar-refractivity contribution in [3.8, 4) is 17.0 Å². The molecule has 2 aromatic carbocycles. The van der Waals surface area contributed by atoms with E-state index in [4.69, 9.17) is 10.5 Å². The Bertz CT molecular complexity index is 1110. The van der Waals surface area contributed by atoms with Gasteiger partial charge in [-0.25, -0.2) is 19.2 Å². The molecule has 0 radical (unpaired) electrons. The lowest BCUT2D eigenvalue weighted by atomic mass is 10.1. The van der Waals surface area contributed by atoms with E-state index in [1.807, 2.05) is 18.2 Å². The molecule has 148 valence electrons. The van der Waals surface area contributed by atoms with Crippen molar-refractivity contribution in [2.45, 2.75) is 13.1 Å². The molecule has 0 unspecified atom stereocenters. The maximum absolute atomic E-state index is 13.4. The maximum Gasteiger partial charge on any atom is 0.322 e. The molecule has 1 aromatic heterocycles. The highest BCUT2D eigenvalue weighted by Crippen LogP contribution is 2.35. The van der Waals surface area contributed by atoms with E-state index in [9.17, 15) is 9.18 Å². The molecule has 0 bridgehead atoms. The maximum atomic E-state index is 13.4. The van der Waals surface area contributed by atoms with E-state index in [-0.39, 0.29) is 18.5 Å². The summed E-state index contributed by atoms with van der Waals surface area (Å²) in [5, 5.41) is 2.70. The van der Waals surface area contributed by atoms with Gasteiger partial charge in [0, 0.05) is 16.8 Å². The minimum Gasteiger partial charge on any atom is -0.496 e. The molecule has 2 heterocycles. The van der Waals surface area contributed by atoms with Crippen molar-refractivity contribution in [3.63, 3.8) is 0 Å². The number of halogens is 2. The molecule has 0 aliphatic carbocycles. The summed E-state index contributed by atoms with van der Waals surface area (Å²) in [5.74, 6) is 0.373. The molecule has 0 fully saturated rings. The Morgan fingerprint density at radius 1 is 1.24 bits per heavy atom. The van der Waals surface area contributed by atoms with E-state index in [1.54, 1.807) is 18.1 Å². The smallest absolute Gasteiger partial charge is 0.322 e. The summed E-state index contributed by atoms with van der Waals surface area (Å²) >= 11 is 3.43. The molecule has 0 spiro atoms. The first-order valence-electron chi connectivity index (χ1n) is 8.75. The summed E-state index contributed by atoms with van der Waals surface area (Å²) in [7, 11) is 1.58. The Labute approximate surface area is 174 Å². The summed E-state index contributed by atoms with van der Waals surface area (Å²) in [4.78, 5) is 22.9. The van der Waals surface area contributed by atoms with Crippen molar-refractivity contribution in [2.75, 3.05) is 18.2 Å². The van der Waals surface area contributed by atoms with E-state index < -0.39 is 5.82 Å². The zero-order chi connectivity index (χ0) is 20.5. The minimum atomic E-state index is -0.419. The topological polar surface area (TPSA) is 93.4 Å². The van der Waals surface area contributed by atoms with E-state index in [1.165, 1.54) is 18.2 Å². The van der Waals surface area contributed by atoms with E-state index in [2.05, 4.69) is 31.2 Å². The summed E-state index contributed by atoms with van der Waals surface area (Å²) in [6.45, 7) is 0.592. The van der Waals surface area contributed by atoms with Crippen LogP contribution in [0.15, 0.2) is 46.9 Å². The third kappa shape index (κ3) is 3.86. The van der Waals surface area contributed by atoms with Crippen LogP contribution in [0.5, 0.6) is 5.75 Å². The number of hydrogen-bond donors (Lipinski definition) is 2. The fourth-order valence-corrected chi connectivity index (χ4v) is 3.64. The van der Waals surface area contributed by atoms with Crippen molar-refractivity contribution in [2.24, 2.45) is 0 Å². The Balaban J connectivity index is 1.63. The zero-order valence-electron chi connectivity index (χ0n) is 15.4. The van der Waals surface area contributed by atoms with Crippen LogP contribution in [0.1, 0.15) is 11.3 Å². The number of urea groups is 1. The minimum absolute atomic E-state index is 0.132. The van der Waals surface area contributed by atoms with Crippen LogP contribution >= 0.6 is 15.9 Å². The summed E-state index contributed by atoms with van der Waals surface area (Å²) < 4.78 is 19.6. The van der Waals surface area contributed by atoms with Crippen LogP contribution in [-0.2, 0) is 13.1 Å². The van der Waals surface area contributed by atoms with Crippen LogP contribution in [0.4, 0.5) is 20.8 Å². The average molecular weight is 458 g/mol. The highest BCUT2D eigenvalue weighted by molar-refractivity contribution is 9.10. The number of hydrogen-bond acceptors (Lipinski definition) is 5. The molecule has 2 amide bonds. The quantitative estimate of drug-likeness (QED) is 0.614. The molecule has 0 saturated heterocycles. The highest BCUT2D eigenvalue weighted by Gasteiger charge is 2.29. The number of carbonyl (C=O) groups is 1. The van der Waals surface area contributed by atoms with Gasteiger partial charge in [0.1, 0.15) is 11.6 Å². The number of nitrogen functional groups attached to an aromatic ring is 1. The van der Waals surface area contributed by atoms with Crippen molar-refractivity contribution in [1.82, 2.24) is 14.9 Å². The molecule has 29 heavy (non-hydrogen) atoms.